The van der Waals surface area contributed by atoms with E-state index in [0.29, 0.717) is 12.6 Å². The second-order valence-electron chi connectivity index (χ2n) is 5.34. The van der Waals surface area contributed by atoms with Crippen LogP contribution in [-0.4, -0.2) is 43.4 Å². The van der Waals surface area contributed by atoms with Crippen LogP contribution in [0.1, 0.15) is 18.4 Å². The molecular formula is C15H20FNO2. The highest BCUT2D eigenvalue weighted by Gasteiger charge is 2.44. The molecule has 0 aliphatic carbocycles. The Hall–Kier alpha value is -0.970. The van der Waals surface area contributed by atoms with Gasteiger partial charge in [0.05, 0.1) is 6.10 Å². The number of likely N-dealkylation sites (tertiary alicyclic amines) is 1. The van der Waals surface area contributed by atoms with Crippen molar-refractivity contribution in [2.75, 3.05) is 20.3 Å². The van der Waals surface area contributed by atoms with Gasteiger partial charge in [-0.25, -0.2) is 4.39 Å². The fraction of sp³-hybridized carbons (Fsp3) is 0.600. The topological polar surface area (TPSA) is 21.7 Å². The van der Waals surface area contributed by atoms with E-state index in [4.69, 9.17) is 9.47 Å². The summed E-state index contributed by atoms with van der Waals surface area (Å²) >= 11 is 0. The average Bonchev–Trinajstić information content (AvgIpc) is 2.80. The monoisotopic (exact) mass is 265 g/mol. The molecule has 3 atom stereocenters. The van der Waals surface area contributed by atoms with E-state index in [1.165, 1.54) is 6.07 Å². The van der Waals surface area contributed by atoms with E-state index in [1.54, 1.807) is 13.2 Å². The van der Waals surface area contributed by atoms with Gasteiger partial charge in [-0.1, -0.05) is 18.2 Å². The Morgan fingerprint density at radius 2 is 2.26 bits per heavy atom. The number of hydrogen-bond donors (Lipinski definition) is 0. The number of halogens is 1. The van der Waals surface area contributed by atoms with Crippen molar-refractivity contribution < 1.29 is 13.9 Å². The Morgan fingerprint density at radius 3 is 3.05 bits per heavy atom. The van der Waals surface area contributed by atoms with Crippen molar-refractivity contribution in [2.24, 2.45) is 0 Å². The molecule has 2 saturated heterocycles. The summed E-state index contributed by atoms with van der Waals surface area (Å²) in [5.41, 5.74) is 0.753. The van der Waals surface area contributed by atoms with E-state index in [1.807, 2.05) is 12.1 Å². The Bertz CT molecular complexity index is 440. The Balaban J connectivity index is 1.76. The number of methoxy groups -OCH3 is 1. The first kappa shape index (κ1) is 13.0. The SMILES string of the molecule is CO[C@@H]1CN(Cc2ccccc2F)[C@@H]2CCCO[C@@H]21. The van der Waals surface area contributed by atoms with Gasteiger partial charge in [0, 0.05) is 38.4 Å². The fourth-order valence-electron chi connectivity index (χ4n) is 3.24. The van der Waals surface area contributed by atoms with Gasteiger partial charge in [0.25, 0.3) is 0 Å². The van der Waals surface area contributed by atoms with E-state index in [9.17, 15) is 4.39 Å². The smallest absolute Gasteiger partial charge is 0.127 e. The quantitative estimate of drug-likeness (QED) is 0.836. The van der Waals surface area contributed by atoms with Crippen LogP contribution in [-0.2, 0) is 16.0 Å². The van der Waals surface area contributed by atoms with Gasteiger partial charge in [-0.05, 0) is 18.9 Å². The molecule has 0 bridgehead atoms. The van der Waals surface area contributed by atoms with Gasteiger partial charge in [0.15, 0.2) is 0 Å². The van der Waals surface area contributed by atoms with Crippen LogP contribution in [0.4, 0.5) is 4.39 Å². The van der Waals surface area contributed by atoms with Crippen LogP contribution in [0.15, 0.2) is 24.3 Å². The number of hydrogen-bond acceptors (Lipinski definition) is 3. The van der Waals surface area contributed by atoms with Crippen molar-refractivity contribution in [2.45, 2.75) is 37.6 Å². The van der Waals surface area contributed by atoms with E-state index in [-0.39, 0.29) is 18.0 Å². The predicted molar refractivity (Wildman–Crippen MR) is 70.4 cm³/mol. The van der Waals surface area contributed by atoms with Gasteiger partial charge >= 0.3 is 0 Å². The molecule has 3 nitrogen and oxygen atoms in total. The Kier molecular flexibility index (Phi) is 3.82. The van der Waals surface area contributed by atoms with Crippen LogP contribution in [0, 0.1) is 5.82 Å². The second-order valence-corrected chi connectivity index (χ2v) is 5.34. The number of nitrogens with zero attached hydrogens (tertiary/aromatic N) is 1. The lowest BCUT2D eigenvalue weighted by molar-refractivity contribution is -0.0655. The molecule has 0 N–H and O–H groups in total. The molecule has 2 aliphatic rings. The third-order valence-electron chi connectivity index (χ3n) is 4.22. The fourth-order valence-corrected chi connectivity index (χ4v) is 3.24. The van der Waals surface area contributed by atoms with Crippen LogP contribution in [0.3, 0.4) is 0 Å². The Morgan fingerprint density at radius 1 is 1.42 bits per heavy atom. The van der Waals surface area contributed by atoms with Gasteiger partial charge in [-0.15, -0.1) is 0 Å². The van der Waals surface area contributed by atoms with Crippen LogP contribution >= 0.6 is 0 Å². The summed E-state index contributed by atoms with van der Waals surface area (Å²) in [4.78, 5) is 2.30. The summed E-state index contributed by atoms with van der Waals surface area (Å²) in [6.07, 6.45) is 2.44. The van der Waals surface area contributed by atoms with E-state index in [2.05, 4.69) is 4.90 Å². The lowest BCUT2D eigenvalue weighted by Crippen LogP contribution is -2.41. The highest BCUT2D eigenvalue weighted by atomic mass is 19.1. The first-order valence-electron chi connectivity index (χ1n) is 6.91. The lowest BCUT2D eigenvalue weighted by Gasteiger charge is -2.32. The predicted octanol–water partition coefficient (Wildman–Crippen LogP) is 2.20. The Labute approximate surface area is 113 Å². The first-order valence-corrected chi connectivity index (χ1v) is 6.91. The molecule has 19 heavy (non-hydrogen) atoms. The largest absolute Gasteiger partial charge is 0.377 e. The van der Waals surface area contributed by atoms with Crippen molar-refractivity contribution in [3.05, 3.63) is 35.6 Å². The van der Waals surface area contributed by atoms with E-state index < -0.39 is 0 Å². The molecule has 0 amide bonds. The van der Waals surface area contributed by atoms with Gasteiger partial charge in [0.1, 0.15) is 11.9 Å². The maximum absolute atomic E-state index is 13.8. The van der Waals surface area contributed by atoms with Gasteiger partial charge in [0.2, 0.25) is 0 Å². The van der Waals surface area contributed by atoms with Crippen LogP contribution in [0.25, 0.3) is 0 Å². The summed E-state index contributed by atoms with van der Waals surface area (Å²) in [6.45, 7) is 2.27. The second kappa shape index (κ2) is 5.57. The molecule has 2 heterocycles. The molecule has 1 aromatic carbocycles. The minimum absolute atomic E-state index is 0.108. The molecule has 2 fully saturated rings. The minimum atomic E-state index is -0.128. The zero-order valence-corrected chi connectivity index (χ0v) is 11.2. The summed E-state index contributed by atoms with van der Waals surface area (Å²) in [5, 5.41) is 0. The maximum atomic E-state index is 13.8. The lowest BCUT2D eigenvalue weighted by atomic mass is 10.0. The highest BCUT2D eigenvalue weighted by Crippen LogP contribution is 2.31. The molecule has 0 saturated carbocycles. The molecule has 0 unspecified atom stereocenters. The molecule has 104 valence electrons. The molecule has 0 spiro atoms. The van der Waals surface area contributed by atoms with Gasteiger partial charge in [-0.2, -0.15) is 0 Å². The molecule has 0 aromatic heterocycles. The molecule has 3 rings (SSSR count). The van der Waals surface area contributed by atoms with E-state index in [0.717, 1.165) is 31.6 Å². The van der Waals surface area contributed by atoms with Crippen LogP contribution in [0.2, 0.25) is 0 Å². The van der Waals surface area contributed by atoms with Crippen molar-refractivity contribution in [1.82, 2.24) is 4.90 Å². The maximum Gasteiger partial charge on any atom is 0.127 e. The van der Waals surface area contributed by atoms with E-state index >= 15 is 0 Å². The highest BCUT2D eigenvalue weighted by molar-refractivity contribution is 5.18. The molecule has 2 aliphatic heterocycles. The average molecular weight is 265 g/mol. The minimum Gasteiger partial charge on any atom is -0.377 e. The van der Waals surface area contributed by atoms with Crippen molar-refractivity contribution >= 4 is 0 Å². The molecule has 0 radical (unpaired) electrons. The van der Waals surface area contributed by atoms with Gasteiger partial charge < -0.3 is 9.47 Å². The third-order valence-corrected chi connectivity index (χ3v) is 4.22. The van der Waals surface area contributed by atoms with Crippen molar-refractivity contribution in [1.29, 1.82) is 0 Å². The third kappa shape index (κ3) is 2.53. The van der Waals surface area contributed by atoms with Crippen molar-refractivity contribution in [3.8, 4) is 0 Å². The number of fused-ring (bicyclic) bond motifs is 1. The summed E-state index contributed by atoms with van der Waals surface area (Å²) in [7, 11) is 1.73. The number of rotatable bonds is 3. The van der Waals surface area contributed by atoms with Crippen molar-refractivity contribution in [3.63, 3.8) is 0 Å². The zero-order valence-electron chi connectivity index (χ0n) is 11.2. The standard InChI is InChI=1S/C15H20FNO2/c1-18-14-10-17(13-7-4-8-19-15(13)14)9-11-5-2-3-6-12(11)16/h2-3,5-6,13-15H,4,7-10H2,1H3/t13-,14-,15+/m1/s1. The zero-order chi connectivity index (χ0) is 13.2. The molecular weight excluding hydrogens is 245 g/mol. The first-order chi connectivity index (χ1) is 9.29. The summed E-state index contributed by atoms with van der Waals surface area (Å²) in [6, 6.07) is 7.35. The number of ether oxygens (including phenoxy) is 2. The molecule has 4 heteroatoms. The summed E-state index contributed by atoms with van der Waals surface area (Å²) in [5.74, 6) is -0.128. The molecule has 1 aromatic rings. The van der Waals surface area contributed by atoms with Crippen LogP contribution < -0.4 is 0 Å². The summed E-state index contributed by atoms with van der Waals surface area (Å²) < 4.78 is 25.1. The normalized spacial score (nSPS) is 31.4. The van der Waals surface area contributed by atoms with Gasteiger partial charge in [-0.3, -0.25) is 4.90 Å². The van der Waals surface area contributed by atoms with Crippen LogP contribution in [0.5, 0.6) is 0 Å². The number of benzene rings is 1.